The number of anilines is 2. The van der Waals surface area contributed by atoms with E-state index in [0.717, 1.165) is 16.9 Å². The number of amides is 1. The molecule has 1 saturated heterocycles. The lowest BCUT2D eigenvalue weighted by Crippen LogP contribution is -2.49. The van der Waals surface area contributed by atoms with E-state index in [4.69, 9.17) is 4.74 Å². The number of carbonyl (C=O) groups is 1. The van der Waals surface area contributed by atoms with Gasteiger partial charge >= 0.3 is 0 Å². The van der Waals surface area contributed by atoms with Gasteiger partial charge in [-0.15, -0.1) is 10.8 Å². The molecule has 42 heavy (non-hydrogen) atoms. The molecule has 1 aliphatic heterocycles. The molecule has 2 atom stereocenters. The van der Waals surface area contributed by atoms with Crippen LogP contribution in [0.4, 0.5) is 15.8 Å². The number of hydrogen-bond donors (Lipinski definition) is 6. The van der Waals surface area contributed by atoms with Crippen molar-refractivity contribution in [3.8, 4) is 5.75 Å². The first-order valence-corrected chi connectivity index (χ1v) is 15.9. The summed E-state index contributed by atoms with van der Waals surface area (Å²) >= 11 is 0. The fraction of sp³-hybridized carbons (Fsp3) is 0.387. The largest absolute Gasteiger partial charge is 0.497 e. The average Bonchev–Trinajstić information content (AvgIpc) is 2.98. The van der Waals surface area contributed by atoms with E-state index in [9.17, 15) is 19.0 Å². The molecule has 3 aromatic rings. The van der Waals surface area contributed by atoms with Gasteiger partial charge in [0.05, 0.1) is 36.3 Å². The highest BCUT2D eigenvalue weighted by Crippen LogP contribution is 2.51. The number of carbonyl (C=O) groups excluding carboxylic acids is 1. The van der Waals surface area contributed by atoms with Crippen LogP contribution in [0.2, 0.25) is 0 Å². The van der Waals surface area contributed by atoms with E-state index in [0.29, 0.717) is 38.0 Å². The minimum Gasteiger partial charge on any atom is -0.497 e. The summed E-state index contributed by atoms with van der Waals surface area (Å²) in [5.74, 6) is -0.654. The maximum atomic E-state index is 16.0. The molecule has 1 heterocycles. The van der Waals surface area contributed by atoms with Crippen molar-refractivity contribution in [2.75, 3.05) is 42.1 Å². The molecule has 3 aromatic carbocycles. The number of aliphatic hydroxyl groups is 1. The van der Waals surface area contributed by atoms with E-state index in [1.165, 1.54) is 16.4 Å². The van der Waals surface area contributed by atoms with Crippen LogP contribution < -0.4 is 25.0 Å². The van der Waals surface area contributed by atoms with Gasteiger partial charge in [-0.1, -0.05) is 42.5 Å². The number of rotatable bonds is 13. The van der Waals surface area contributed by atoms with Crippen LogP contribution in [0.5, 0.6) is 5.75 Å². The first kappa shape index (κ1) is 31.6. The van der Waals surface area contributed by atoms with E-state index in [2.05, 4.69) is 16.0 Å². The Hall–Kier alpha value is -3.35. The first-order valence-electron chi connectivity index (χ1n) is 14.2. The Morgan fingerprint density at radius 3 is 2.55 bits per heavy atom. The zero-order valence-electron chi connectivity index (χ0n) is 24.1. The van der Waals surface area contributed by atoms with Crippen molar-refractivity contribution in [1.82, 2.24) is 10.6 Å². The van der Waals surface area contributed by atoms with Crippen LogP contribution in [0.15, 0.2) is 66.7 Å². The van der Waals surface area contributed by atoms with E-state index in [1.807, 2.05) is 61.5 Å². The second-order valence-corrected chi connectivity index (χ2v) is 12.5. The van der Waals surface area contributed by atoms with Crippen molar-refractivity contribution in [3.63, 3.8) is 0 Å². The average molecular weight is 601 g/mol. The minimum absolute atomic E-state index is 0.0292. The Kier molecular flexibility index (Phi) is 11.1. The Labute approximate surface area is 248 Å². The topological polar surface area (TPSA) is 126 Å². The smallest absolute Gasteiger partial charge is 0.254 e. The summed E-state index contributed by atoms with van der Waals surface area (Å²) in [4.78, 5) is 13.6. The molecule has 0 unspecified atom stereocenters. The van der Waals surface area contributed by atoms with Crippen LogP contribution in [0.25, 0.3) is 0 Å². The first-order chi connectivity index (χ1) is 20.2. The van der Waals surface area contributed by atoms with E-state index < -0.39 is 34.6 Å². The number of benzene rings is 3. The van der Waals surface area contributed by atoms with Gasteiger partial charge in [-0.3, -0.25) is 18.2 Å². The van der Waals surface area contributed by atoms with Crippen LogP contribution in [-0.2, 0) is 13.0 Å². The predicted octanol–water partition coefficient (Wildman–Crippen LogP) is 5.02. The third-order valence-electron chi connectivity index (χ3n) is 7.23. The molecular weight excluding hydrogens is 559 g/mol. The number of nitrogens with one attached hydrogen (secondary N) is 3. The molecule has 0 bridgehead atoms. The standard InChI is InChI=1S/C31H41FN4O5S/c1-3-34-24-18-26(30(32)28(19-24)36-14-7-8-15-42(36,39)40)31(38)35-27(17-22-10-5-4-6-11-22)29(37)21-33-20-23-12-9-13-25(16-23)41-2/h4-6,9-13,16,18-19,27,29,33-34,37,39-40H,3,7-8,14-15,17,20-21H2,1-2H3,(H,35,38)/t27-,29+/m0/s1. The van der Waals surface area contributed by atoms with Crippen molar-refractivity contribution < 1.29 is 28.1 Å². The van der Waals surface area contributed by atoms with E-state index in [-0.39, 0.29) is 30.1 Å². The van der Waals surface area contributed by atoms with E-state index in [1.54, 1.807) is 7.11 Å². The summed E-state index contributed by atoms with van der Waals surface area (Å²) in [6.45, 7) is 3.32. The number of nitrogens with zero attached hydrogens (tertiary/aromatic N) is 1. The van der Waals surface area contributed by atoms with Crippen molar-refractivity contribution in [2.45, 2.75) is 44.9 Å². The quantitative estimate of drug-likeness (QED) is 0.162. The van der Waals surface area contributed by atoms with Crippen molar-refractivity contribution in [1.29, 1.82) is 0 Å². The lowest BCUT2D eigenvalue weighted by Gasteiger charge is -2.47. The number of halogens is 1. The fourth-order valence-electron chi connectivity index (χ4n) is 5.03. The van der Waals surface area contributed by atoms with Gasteiger partial charge in [-0.05, 0) is 61.6 Å². The molecule has 0 spiro atoms. The molecule has 0 radical (unpaired) electrons. The van der Waals surface area contributed by atoms with Crippen molar-refractivity contribution in [2.24, 2.45) is 0 Å². The van der Waals surface area contributed by atoms with Gasteiger partial charge in [0.25, 0.3) is 5.91 Å². The highest BCUT2D eigenvalue weighted by Gasteiger charge is 2.32. The van der Waals surface area contributed by atoms with Crippen LogP contribution in [-0.4, -0.2) is 64.8 Å². The van der Waals surface area contributed by atoms with Crippen LogP contribution in [0.1, 0.15) is 41.3 Å². The second-order valence-electron chi connectivity index (χ2n) is 10.4. The second kappa shape index (κ2) is 14.7. The molecule has 1 amide bonds. The normalized spacial score (nSPS) is 16.8. The SMILES string of the molecule is CCNc1cc(C(=O)N[C@@H](Cc2ccccc2)[C@H](O)CNCc2cccc(OC)c2)c(F)c(N2CCCCS2(O)O)c1. The number of aliphatic hydroxyl groups excluding tert-OH is 1. The maximum Gasteiger partial charge on any atom is 0.254 e. The maximum absolute atomic E-state index is 16.0. The summed E-state index contributed by atoms with van der Waals surface area (Å²) in [5, 5.41) is 20.4. The predicted molar refractivity (Wildman–Crippen MR) is 167 cm³/mol. The highest BCUT2D eigenvalue weighted by atomic mass is 32.3. The van der Waals surface area contributed by atoms with Crippen LogP contribution in [0, 0.1) is 5.82 Å². The molecular formula is C31H41FN4O5S. The van der Waals surface area contributed by atoms with Crippen LogP contribution >= 0.6 is 10.8 Å². The van der Waals surface area contributed by atoms with Gasteiger partial charge in [0.15, 0.2) is 5.82 Å². The van der Waals surface area contributed by atoms with Crippen molar-refractivity contribution in [3.05, 3.63) is 89.2 Å². The summed E-state index contributed by atoms with van der Waals surface area (Å²) in [6, 6.07) is 19.2. The Bertz CT molecular complexity index is 1330. The van der Waals surface area contributed by atoms with Gasteiger partial charge in [-0.25, -0.2) is 4.39 Å². The number of hydrogen-bond acceptors (Lipinski definition) is 8. The van der Waals surface area contributed by atoms with Gasteiger partial charge in [-0.2, -0.15) is 0 Å². The molecule has 0 aromatic heterocycles. The molecule has 1 fully saturated rings. The molecule has 0 saturated carbocycles. The Morgan fingerprint density at radius 1 is 1.07 bits per heavy atom. The summed E-state index contributed by atoms with van der Waals surface area (Å²) in [6.07, 6.45) is 0.637. The highest BCUT2D eigenvalue weighted by molar-refractivity contribution is 8.25. The number of ether oxygens (including phenoxy) is 1. The zero-order chi connectivity index (χ0) is 30.1. The fourth-order valence-corrected chi connectivity index (χ4v) is 6.72. The Morgan fingerprint density at radius 2 is 1.83 bits per heavy atom. The number of methoxy groups -OCH3 is 1. The van der Waals surface area contributed by atoms with Crippen molar-refractivity contribution >= 4 is 28.1 Å². The molecule has 9 nitrogen and oxygen atoms in total. The minimum atomic E-state index is -3.21. The van der Waals surface area contributed by atoms with Gasteiger partial charge in [0, 0.05) is 31.9 Å². The molecule has 4 rings (SSSR count). The summed E-state index contributed by atoms with van der Waals surface area (Å²) in [5.41, 5.74) is 2.10. The molecule has 0 aliphatic carbocycles. The molecule has 1 aliphatic rings. The lowest BCUT2D eigenvalue weighted by molar-refractivity contribution is 0.0826. The molecule has 6 N–H and O–H groups in total. The van der Waals surface area contributed by atoms with Crippen LogP contribution in [0.3, 0.4) is 0 Å². The van der Waals surface area contributed by atoms with Gasteiger partial charge in [0.2, 0.25) is 0 Å². The van der Waals surface area contributed by atoms with Gasteiger partial charge < -0.3 is 25.8 Å². The van der Waals surface area contributed by atoms with E-state index >= 15 is 4.39 Å². The zero-order valence-corrected chi connectivity index (χ0v) is 24.9. The monoisotopic (exact) mass is 600 g/mol. The molecule has 11 heteroatoms. The van der Waals surface area contributed by atoms with Gasteiger partial charge in [0.1, 0.15) is 5.75 Å². The third-order valence-corrected chi connectivity index (χ3v) is 9.15. The third kappa shape index (κ3) is 8.14. The summed E-state index contributed by atoms with van der Waals surface area (Å²) in [7, 11) is -1.61. The Balaban J connectivity index is 1.56. The molecule has 228 valence electrons. The lowest BCUT2D eigenvalue weighted by atomic mass is 10.00. The summed E-state index contributed by atoms with van der Waals surface area (Å²) < 4.78 is 43.9.